The molecular weight excluding hydrogens is 244 g/mol. The molecule has 102 valence electrons. The predicted molar refractivity (Wildman–Crippen MR) is 72.0 cm³/mol. The first-order chi connectivity index (χ1) is 9.31. The monoisotopic (exact) mass is 262 g/mol. The second kappa shape index (κ2) is 6.75. The van der Waals surface area contributed by atoms with Crippen LogP contribution in [-0.4, -0.2) is 33.8 Å². The average Bonchev–Trinajstić information content (AvgIpc) is 2.91. The molecule has 0 saturated heterocycles. The summed E-state index contributed by atoms with van der Waals surface area (Å²) in [5, 5.41) is 20.1. The Kier molecular flexibility index (Phi) is 4.74. The van der Waals surface area contributed by atoms with Gasteiger partial charge in [-0.25, -0.2) is 0 Å². The lowest BCUT2D eigenvalue weighted by Crippen LogP contribution is -2.01. The van der Waals surface area contributed by atoms with Crippen molar-refractivity contribution < 1.29 is 9.84 Å². The van der Waals surface area contributed by atoms with Crippen molar-refractivity contribution in [3.05, 3.63) is 36.2 Å². The molecule has 6 nitrogen and oxygen atoms in total. The number of ether oxygens (including phenoxy) is 1. The first-order valence-corrected chi connectivity index (χ1v) is 6.19. The van der Waals surface area contributed by atoms with Crippen molar-refractivity contribution in [1.29, 1.82) is 0 Å². The van der Waals surface area contributed by atoms with Gasteiger partial charge in [-0.1, -0.05) is 11.3 Å². The van der Waals surface area contributed by atoms with Crippen LogP contribution in [0.2, 0.25) is 0 Å². The molecular formula is C13H18N4O2. The first-order valence-electron chi connectivity index (χ1n) is 6.19. The molecule has 0 amide bonds. The van der Waals surface area contributed by atoms with Gasteiger partial charge in [0.1, 0.15) is 11.4 Å². The summed E-state index contributed by atoms with van der Waals surface area (Å²) in [7, 11) is 1.64. The highest BCUT2D eigenvalue weighted by atomic mass is 16.5. The van der Waals surface area contributed by atoms with Gasteiger partial charge in [-0.05, 0) is 18.6 Å². The molecule has 0 saturated carbocycles. The van der Waals surface area contributed by atoms with Crippen LogP contribution >= 0.6 is 0 Å². The van der Waals surface area contributed by atoms with Crippen molar-refractivity contribution in [3.63, 3.8) is 0 Å². The van der Waals surface area contributed by atoms with E-state index in [1.54, 1.807) is 11.8 Å². The number of rotatable bonds is 7. The summed E-state index contributed by atoms with van der Waals surface area (Å²) in [6.45, 7) is 1.45. The molecule has 0 bridgehead atoms. The molecule has 6 heteroatoms. The fourth-order valence-electron chi connectivity index (χ4n) is 1.69. The Morgan fingerprint density at radius 3 is 3.11 bits per heavy atom. The average molecular weight is 262 g/mol. The Balaban J connectivity index is 1.89. The maximum atomic E-state index is 8.75. The van der Waals surface area contributed by atoms with E-state index in [0.29, 0.717) is 19.5 Å². The standard InChI is InChI=1S/C13H18N4O2/c1-19-13-5-2-4-11(8-13)14-9-12-10-17(16-15-12)6-3-7-18/h2,4-5,8,10,14,18H,3,6-7,9H2,1H3. The summed E-state index contributed by atoms with van der Waals surface area (Å²) in [5.41, 5.74) is 1.84. The van der Waals surface area contributed by atoms with Crippen LogP contribution in [0, 0.1) is 0 Å². The molecule has 0 aliphatic heterocycles. The number of benzene rings is 1. The highest BCUT2D eigenvalue weighted by molar-refractivity contribution is 5.48. The second-order valence-corrected chi connectivity index (χ2v) is 4.14. The molecule has 0 aliphatic carbocycles. The first kappa shape index (κ1) is 13.4. The molecule has 2 rings (SSSR count). The zero-order valence-electron chi connectivity index (χ0n) is 10.9. The third kappa shape index (κ3) is 3.96. The quantitative estimate of drug-likeness (QED) is 0.786. The summed E-state index contributed by atoms with van der Waals surface area (Å²) < 4.78 is 6.89. The van der Waals surface area contributed by atoms with Gasteiger partial charge in [0, 0.05) is 24.9 Å². The van der Waals surface area contributed by atoms with Crippen LogP contribution in [0.4, 0.5) is 5.69 Å². The number of methoxy groups -OCH3 is 1. The van der Waals surface area contributed by atoms with Crippen molar-refractivity contribution in [3.8, 4) is 5.75 Å². The molecule has 0 radical (unpaired) electrons. The van der Waals surface area contributed by atoms with Crippen LogP contribution < -0.4 is 10.1 Å². The lowest BCUT2D eigenvalue weighted by atomic mass is 10.3. The van der Waals surface area contributed by atoms with Gasteiger partial charge in [-0.3, -0.25) is 4.68 Å². The molecule has 0 aliphatic rings. The largest absolute Gasteiger partial charge is 0.497 e. The van der Waals surface area contributed by atoms with E-state index >= 15 is 0 Å². The van der Waals surface area contributed by atoms with Crippen molar-refractivity contribution in [2.75, 3.05) is 19.0 Å². The minimum atomic E-state index is 0.164. The van der Waals surface area contributed by atoms with Gasteiger partial charge in [0.25, 0.3) is 0 Å². The molecule has 2 N–H and O–H groups in total. The zero-order chi connectivity index (χ0) is 13.5. The van der Waals surface area contributed by atoms with E-state index in [1.807, 2.05) is 30.5 Å². The number of nitrogens with zero attached hydrogens (tertiary/aromatic N) is 3. The van der Waals surface area contributed by atoms with Crippen LogP contribution in [0.3, 0.4) is 0 Å². The van der Waals surface area contributed by atoms with Gasteiger partial charge in [0.2, 0.25) is 0 Å². The van der Waals surface area contributed by atoms with Gasteiger partial charge >= 0.3 is 0 Å². The van der Waals surface area contributed by atoms with Gasteiger partial charge < -0.3 is 15.2 Å². The second-order valence-electron chi connectivity index (χ2n) is 4.14. The van der Waals surface area contributed by atoms with Crippen molar-refractivity contribution in [2.45, 2.75) is 19.5 Å². The number of aliphatic hydroxyl groups excluding tert-OH is 1. The summed E-state index contributed by atoms with van der Waals surface area (Å²) in [4.78, 5) is 0. The SMILES string of the molecule is COc1cccc(NCc2cn(CCCO)nn2)c1. The highest BCUT2D eigenvalue weighted by Gasteiger charge is 2.01. The minimum Gasteiger partial charge on any atom is -0.497 e. The van der Waals surface area contributed by atoms with Crippen LogP contribution in [0.5, 0.6) is 5.75 Å². The number of aryl methyl sites for hydroxylation is 1. The number of hydrogen-bond acceptors (Lipinski definition) is 5. The van der Waals surface area contributed by atoms with E-state index < -0.39 is 0 Å². The molecule has 1 heterocycles. The topological polar surface area (TPSA) is 72.2 Å². The Morgan fingerprint density at radius 1 is 1.42 bits per heavy atom. The normalized spacial score (nSPS) is 10.4. The van der Waals surface area contributed by atoms with Crippen molar-refractivity contribution in [1.82, 2.24) is 15.0 Å². The number of anilines is 1. The predicted octanol–water partition coefficient (Wildman–Crippen LogP) is 1.28. The Labute approximate surface area is 112 Å². The van der Waals surface area contributed by atoms with Crippen molar-refractivity contribution >= 4 is 5.69 Å². The molecule has 0 atom stereocenters. The third-order valence-corrected chi connectivity index (χ3v) is 2.67. The maximum Gasteiger partial charge on any atom is 0.120 e. The number of hydrogen-bond donors (Lipinski definition) is 2. The highest BCUT2D eigenvalue weighted by Crippen LogP contribution is 2.17. The maximum absolute atomic E-state index is 8.75. The lowest BCUT2D eigenvalue weighted by molar-refractivity contribution is 0.276. The number of aliphatic hydroxyl groups is 1. The molecule has 0 spiro atoms. The van der Waals surface area contributed by atoms with Crippen molar-refractivity contribution in [2.24, 2.45) is 0 Å². The lowest BCUT2D eigenvalue weighted by Gasteiger charge is -2.05. The minimum absolute atomic E-state index is 0.164. The van der Waals surface area contributed by atoms with E-state index in [-0.39, 0.29) is 6.61 Å². The zero-order valence-corrected chi connectivity index (χ0v) is 10.9. The Bertz CT molecular complexity index is 513. The van der Waals surface area contributed by atoms with Gasteiger partial charge in [-0.2, -0.15) is 0 Å². The summed E-state index contributed by atoms with van der Waals surface area (Å²) in [6, 6.07) is 7.73. The van der Waals surface area contributed by atoms with Gasteiger partial charge in [0.15, 0.2) is 0 Å². The molecule has 1 aromatic carbocycles. The van der Waals surface area contributed by atoms with E-state index in [4.69, 9.17) is 9.84 Å². The number of aromatic nitrogens is 3. The van der Waals surface area contributed by atoms with E-state index in [9.17, 15) is 0 Å². The van der Waals surface area contributed by atoms with E-state index in [0.717, 1.165) is 17.1 Å². The molecule has 0 unspecified atom stereocenters. The molecule has 1 aromatic heterocycles. The summed E-state index contributed by atoms with van der Waals surface area (Å²) in [6.07, 6.45) is 2.56. The van der Waals surface area contributed by atoms with Crippen LogP contribution in [0.1, 0.15) is 12.1 Å². The molecule has 19 heavy (non-hydrogen) atoms. The fraction of sp³-hybridized carbons (Fsp3) is 0.385. The van der Waals surface area contributed by atoms with Gasteiger partial charge in [-0.15, -0.1) is 5.10 Å². The summed E-state index contributed by atoms with van der Waals surface area (Å²) in [5.74, 6) is 0.816. The van der Waals surface area contributed by atoms with E-state index in [1.165, 1.54) is 0 Å². The van der Waals surface area contributed by atoms with Crippen LogP contribution in [0.15, 0.2) is 30.5 Å². The van der Waals surface area contributed by atoms with Crippen LogP contribution in [0.25, 0.3) is 0 Å². The van der Waals surface area contributed by atoms with Gasteiger partial charge in [0.05, 0.1) is 19.9 Å². The third-order valence-electron chi connectivity index (χ3n) is 2.67. The molecule has 2 aromatic rings. The molecule has 0 fully saturated rings. The Morgan fingerprint density at radius 2 is 2.32 bits per heavy atom. The smallest absolute Gasteiger partial charge is 0.120 e. The van der Waals surface area contributed by atoms with Crippen LogP contribution in [-0.2, 0) is 13.1 Å². The summed E-state index contributed by atoms with van der Waals surface area (Å²) >= 11 is 0. The Hall–Kier alpha value is -2.08. The fourth-order valence-corrected chi connectivity index (χ4v) is 1.69. The van der Waals surface area contributed by atoms with E-state index in [2.05, 4.69) is 15.6 Å². The number of nitrogens with one attached hydrogen (secondary N) is 1.